The summed E-state index contributed by atoms with van der Waals surface area (Å²) in [5, 5.41) is 0.484. The van der Waals surface area contributed by atoms with Crippen molar-refractivity contribution in [3.63, 3.8) is 0 Å². The second-order valence-corrected chi connectivity index (χ2v) is 7.27. The van der Waals surface area contributed by atoms with Crippen LogP contribution < -0.4 is 0 Å². The Morgan fingerprint density at radius 2 is 2.20 bits per heavy atom. The summed E-state index contributed by atoms with van der Waals surface area (Å²) in [6, 6.07) is 8.12. The van der Waals surface area contributed by atoms with Gasteiger partial charge in [-0.25, -0.2) is 9.97 Å². The Kier molecular flexibility index (Phi) is 6.54. The third-order valence-corrected chi connectivity index (χ3v) is 5.58. The zero-order valence-electron chi connectivity index (χ0n) is 10.6. The Labute approximate surface area is 149 Å². The molecule has 106 valence electrons. The maximum atomic E-state index is 6.13. The average Bonchev–Trinajstić information content (AvgIpc) is 2.42. The quantitative estimate of drug-likeness (QED) is 0.342. The van der Waals surface area contributed by atoms with Gasteiger partial charge < -0.3 is 4.74 Å². The molecule has 0 spiro atoms. The van der Waals surface area contributed by atoms with Gasteiger partial charge in [-0.3, -0.25) is 0 Å². The highest BCUT2D eigenvalue weighted by atomic mass is 127. The zero-order chi connectivity index (χ0) is 14.5. The van der Waals surface area contributed by atoms with E-state index in [9.17, 15) is 0 Å². The summed E-state index contributed by atoms with van der Waals surface area (Å²) in [4.78, 5) is 9.97. The lowest BCUT2D eigenvalue weighted by molar-refractivity contribution is 0.180. The Bertz CT molecular complexity index is 615. The van der Waals surface area contributed by atoms with Crippen LogP contribution in [0.2, 0.25) is 5.15 Å². The number of hydrogen-bond donors (Lipinski definition) is 0. The molecule has 0 aliphatic rings. The van der Waals surface area contributed by atoms with Gasteiger partial charge in [-0.2, -0.15) is 0 Å². The number of methoxy groups -OCH3 is 1. The second-order valence-electron chi connectivity index (χ2n) is 3.87. The van der Waals surface area contributed by atoms with Crippen LogP contribution in [-0.2, 0) is 17.1 Å². The van der Waals surface area contributed by atoms with Gasteiger partial charge >= 0.3 is 0 Å². The number of nitrogens with zero attached hydrogens (tertiary/aromatic N) is 2. The number of aromatic nitrogens is 2. The fourth-order valence-corrected chi connectivity index (χ4v) is 3.48. The molecule has 1 aromatic carbocycles. The van der Waals surface area contributed by atoms with Crippen molar-refractivity contribution in [2.75, 3.05) is 7.11 Å². The van der Waals surface area contributed by atoms with Gasteiger partial charge in [0.15, 0.2) is 0 Å². The highest BCUT2D eigenvalue weighted by Crippen LogP contribution is 2.26. The summed E-state index contributed by atoms with van der Waals surface area (Å²) in [6.45, 7) is 0.440. The van der Waals surface area contributed by atoms with E-state index in [1.54, 1.807) is 18.9 Å². The molecule has 7 heteroatoms. The summed E-state index contributed by atoms with van der Waals surface area (Å²) in [5.41, 5.74) is 0.831. The number of thioether (sulfide) groups is 1. The van der Waals surface area contributed by atoms with Crippen LogP contribution in [-0.4, -0.2) is 17.1 Å². The number of benzene rings is 1. The SMILES string of the molecule is COCc1nc(CSc2cccc(Br)c2)nc(Cl)c1I. The monoisotopic (exact) mass is 484 g/mol. The molecule has 2 aromatic rings. The molecule has 0 unspecified atom stereocenters. The van der Waals surface area contributed by atoms with Crippen LogP contribution in [0.1, 0.15) is 11.5 Å². The van der Waals surface area contributed by atoms with E-state index in [0.717, 1.165) is 18.6 Å². The van der Waals surface area contributed by atoms with Gasteiger partial charge in [-0.15, -0.1) is 11.8 Å². The molecule has 0 fully saturated rings. The summed E-state index contributed by atoms with van der Waals surface area (Å²) in [5.74, 6) is 1.39. The molecule has 1 heterocycles. The van der Waals surface area contributed by atoms with Crippen LogP contribution in [0.15, 0.2) is 33.6 Å². The summed E-state index contributed by atoms with van der Waals surface area (Å²) < 4.78 is 7.04. The lowest BCUT2D eigenvalue weighted by Gasteiger charge is -2.07. The normalized spacial score (nSPS) is 10.8. The first-order valence-corrected chi connectivity index (χ1v) is 8.91. The average molecular weight is 486 g/mol. The lowest BCUT2D eigenvalue weighted by atomic mass is 10.4. The predicted molar refractivity (Wildman–Crippen MR) is 94.2 cm³/mol. The fraction of sp³-hybridized carbons (Fsp3) is 0.231. The smallest absolute Gasteiger partial charge is 0.146 e. The molecule has 20 heavy (non-hydrogen) atoms. The maximum absolute atomic E-state index is 6.13. The van der Waals surface area contributed by atoms with Crippen molar-refractivity contribution in [2.24, 2.45) is 0 Å². The van der Waals surface area contributed by atoms with Crippen LogP contribution in [0.5, 0.6) is 0 Å². The summed E-state index contributed by atoms with van der Waals surface area (Å²) in [6.07, 6.45) is 0. The molecular weight excluding hydrogens is 474 g/mol. The highest BCUT2D eigenvalue weighted by Gasteiger charge is 2.11. The Morgan fingerprint density at radius 1 is 1.40 bits per heavy atom. The molecule has 2 rings (SSSR count). The van der Waals surface area contributed by atoms with Gasteiger partial charge in [0.1, 0.15) is 11.0 Å². The molecule has 0 saturated heterocycles. The third-order valence-electron chi connectivity index (χ3n) is 2.37. The molecule has 1 aromatic heterocycles. The van der Waals surface area contributed by atoms with Crippen LogP contribution in [0.3, 0.4) is 0 Å². The predicted octanol–water partition coefficient (Wildman–Crippen LogP) is 4.94. The molecule has 0 aliphatic heterocycles. The van der Waals surface area contributed by atoms with Crippen molar-refractivity contribution in [1.29, 1.82) is 0 Å². The van der Waals surface area contributed by atoms with Gasteiger partial charge in [0.05, 0.1) is 21.6 Å². The molecule has 0 aliphatic carbocycles. The fourth-order valence-electron chi connectivity index (χ4n) is 1.51. The Hall–Kier alpha value is 0.110. The molecule has 0 saturated carbocycles. The Morgan fingerprint density at radius 3 is 2.90 bits per heavy atom. The van der Waals surface area contributed by atoms with Gasteiger partial charge in [0.2, 0.25) is 0 Å². The molecular formula is C13H11BrClIN2OS. The second kappa shape index (κ2) is 7.93. The van der Waals surface area contributed by atoms with E-state index in [1.807, 2.05) is 12.1 Å². The molecule has 0 atom stereocenters. The van der Waals surface area contributed by atoms with Crippen molar-refractivity contribution in [1.82, 2.24) is 9.97 Å². The first-order chi connectivity index (χ1) is 9.60. The standard InChI is InChI=1S/C13H11BrClIN2OS/c1-19-6-10-12(16)13(15)18-11(17-10)7-20-9-4-2-3-8(14)5-9/h2-5H,6-7H2,1H3. The first kappa shape index (κ1) is 16.5. The highest BCUT2D eigenvalue weighted by molar-refractivity contribution is 14.1. The molecule has 0 N–H and O–H groups in total. The van der Waals surface area contributed by atoms with Crippen LogP contribution in [0, 0.1) is 3.57 Å². The van der Waals surface area contributed by atoms with E-state index >= 15 is 0 Å². The third kappa shape index (κ3) is 4.56. The number of halogens is 3. The van der Waals surface area contributed by atoms with E-state index in [2.05, 4.69) is 60.6 Å². The van der Waals surface area contributed by atoms with Crippen molar-refractivity contribution < 1.29 is 4.74 Å². The van der Waals surface area contributed by atoms with E-state index in [1.165, 1.54) is 0 Å². The molecule has 0 bridgehead atoms. The van der Waals surface area contributed by atoms with Gasteiger partial charge in [0.25, 0.3) is 0 Å². The lowest BCUT2D eigenvalue weighted by Crippen LogP contribution is -2.03. The van der Waals surface area contributed by atoms with Crippen LogP contribution in [0.4, 0.5) is 0 Å². The largest absolute Gasteiger partial charge is 0.378 e. The maximum Gasteiger partial charge on any atom is 0.146 e. The van der Waals surface area contributed by atoms with Gasteiger partial charge in [-0.05, 0) is 40.8 Å². The van der Waals surface area contributed by atoms with E-state index < -0.39 is 0 Å². The van der Waals surface area contributed by atoms with E-state index in [4.69, 9.17) is 16.3 Å². The van der Waals surface area contributed by atoms with E-state index in [-0.39, 0.29) is 0 Å². The minimum atomic E-state index is 0.440. The zero-order valence-corrected chi connectivity index (χ0v) is 15.9. The van der Waals surface area contributed by atoms with E-state index in [0.29, 0.717) is 23.3 Å². The first-order valence-electron chi connectivity index (χ1n) is 5.68. The van der Waals surface area contributed by atoms with Crippen molar-refractivity contribution >= 4 is 61.9 Å². The minimum Gasteiger partial charge on any atom is -0.378 e. The Balaban J connectivity index is 2.13. The van der Waals surface area contributed by atoms with Gasteiger partial charge in [0, 0.05) is 16.5 Å². The van der Waals surface area contributed by atoms with Crippen LogP contribution >= 0.6 is 61.9 Å². The molecule has 0 amide bonds. The summed E-state index contributed by atoms with van der Waals surface area (Å²) in [7, 11) is 1.64. The van der Waals surface area contributed by atoms with Gasteiger partial charge in [-0.1, -0.05) is 33.6 Å². The van der Waals surface area contributed by atoms with Crippen molar-refractivity contribution in [3.05, 3.63) is 49.0 Å². The molecule has 0 radical (unpaired) electrons. The minimum absolute atomic E-state index is 0.440. The number of ether oxygens (including phenoxy) is 1. The molecule has 3 nitrogen and oxygen atoms in total. The number of hydrogen-bond acceptors (Lipinski definition) is 4. The summed E-state index contributed by atoms with van der Waals surface area (Å²) >= 11 is 13.4. The topological polar surface area (TPSA) is 35.0 Å². The number of rotatable bonds is 5. The van der Waals surface area contributed by atoms with Crippen molar-refractivity contribution in [3.8, 4) is 0 Å². The van der Waals surface area contributed by atoms with Crippen molar-refractivity contribution in [2.45, 2.75) is 17.3 Å². The van der Waals surface area contributed by atoms with Crippen LogP contribution in [0.25, 0.3) is 0 Å².